The average Bonchev–Trinajstić information content (AvgIpc) is 2.85. The zero-order chi connectivity index (χ0) is 25.7. The molecule has 34 heavy (non-hydrogen) atoms. The third-order valence-corrected chi connectivity index (χ3v) is 5.22. The summed E-state index contributed by atoms with van der Waals surface area (Å²) in [5.74, 6) is -3.35. The Morgan fingerprint density at radius 3 is 1.09 bits per heavy atom. The van der Waals surface area contributed by atoms with Gasteiger partial charge in [-0.1, -0.05) is 6.07 Å². The molecule has 1 aliphatic carbocycles. The molecule has 184 valence electrons. The van der Waals surface area contributed by atoms with Crippen molar-refractivity contribution in [2.45, 2.75) is 25.7 Å². The number of aromatic carboxylic acids is 4. The first kappa shape index (κ1) is 28.3. The van der Waals surface area contributed by atoms with Crippen LogP contribution in [0.15, 0.2) is 48.5 Å². The third kappa shape index (κ3) is 9.80. The summed E-state index contributed by atoms with van der Waals surface area (Å²) in [6.07, 6.45) is 4.40. The summed E-state index contributed by atoms with van der Waals surface area (Å²) in [5, 5.41) is 51.5. The number of carboxylic acid groups (broad SMARTS) is 4. The van der Waals surface area contributed by atoms with E-state index in [9.17, 15) is 19.2 Å². The average molecular weight is 476 g/mol. The van der Waals surface area contributed by atoms with Gasteiger partial charge in [0.25, 0.3) is 0 Å². The molecule has 2 aromatic rings. The van der Waals surface area contributed by atoms with Crippen LogP contribution in [0.2, 0.25) is 0 Å². The van der Waals surface area contributed by atoms with E-state index in [0.29, 0.717) is 25.0 Å². The molecule has 0 heterocycles. The maximum Gasteiger partial charge on any atom is 0.335 e. The van der Waals surface area contributed by atoms with Gasteiger partial charge < -0.3 is 30.6 Å². The first-order valence-electron chi connectivity index (χ1n) is 10.4. The normalized spacial score (nSPS) is 16.6. The van der Waals surface area contributed by atoms with Crippen molar-refractivity contribution in [3.05, 3.63) is 70.8 Å². The van der Waals surface area contributed by atoms with Crippen molar-refractivity contribution in [2.75, 3.05) is 13.2 Å². The van der Waals surface area contributed by atoms with Crippen molar-refractivity contribution in [3.63, 3.8) is 0 Å². The molecule has 0 spiro atoms. The number of carbonyl (C=O) groups is 4. The summed E-state index contributed by atoms with van der Waals surface area (Å²) in [6.45, 7) is 0.663. The lowest BCUT2D eigenvalue weighted by Gasteiger charge is -2.25. The van der Waals surface area contributed by atoms with Crippen molar-refractivity contribution in [3.8, 4) is 0 Å². The molecule has 1 fully saturated rings. The molecular formula is C24H28O10. The highest BCUT2D eigenvalue weighted by molar-refractivity contribution is 5.93. The van der Waals surface area contributed by atoms with Crippen LogP contribution in [-0.2, 0) is 0 Å². The fourth-order valence-electron chi connectivity index (χ4n) is 3.14. The molecule has 2 aromatic carbocycles. The van der Waals surface area contributed by atoms with Gasteiger partial charge in [-0.25, -0.2) is 19.2 Å². The molecule has 0 bridgehead atoms. The Kier molecular flexibility index (Phi) is 12.0. The summed E-state index contributed by atoms with van der Waals surface area (Å²) in [6, 6.07) is 10.2. The van der Waals surface area contributed by atoms with Crippen molar-refractivity contribution in [1.29, 1.82) is 0 Å². The second kappa shape index (κ2) is 14.4. The van der Waals surface area contributed by atoms with Crippen LogP contribution in [-0.4, -0.2) is 67.7 Å². The lowest BCUT2D eigenvalue weighted by Crippen LogP contribution is -2.19. The molecule has 10 nitrogen and oxygen atoms in total. The van der Waals surface area contributed by atoms with Gasteiger partial charge in [-0.05, 0) is 80.0 Å². The largest absolute Gasteiger partial charge is 0.478 e. The summed E-state index contributed by atoms with van der Waals surface area (Å²) in [7, 11) is 0. The van der Waals surface area contributed by atoms with E-state index in [1.54, 1.807) is 0 Å². The minimum atomic E-state index is -1.13. The summed E-state index contributed by atoms with van der Waals surface area (Å²) >= 11 is 0. The van der Waals surface area contributed by atoms with Crippen LogP contribution in [0.5, 0.6) is 0 Å². The van der Waals surface area contributed by atoms with Crippen LogP contribution in [0.4, 0.5) is 0 Å². The first-order chi connectivity index (χ1) is 16.1. The SMILES string of the molecule is O=C(O)c1ccc(C(=O)O)cc1.O=C(O)c1cccc(C(=O)O)c1.OCC1CCC(CO)CC1. The molecule has 3 rings (SSSR count). The van der Waals surface area contributed by atoms with Crippen molar-refractivity contribution < 1.29 is 49.8 Å². The van der Waals surface area contributed by atoms with Crippen LogP contribution in [0, 0.1) is 11.8 Å². The lowest BCUT2D eigenvalue weighted by molar-refractivity contribution is 0.0681. The second-order valence-electron chi connectivity index (χ2n) is 7.63. The van der Waals surface area contributed by atoms with Crippen molar-refractivity contribution in [1.82, 2.24) is 0 Å². The number of aliphatic hydroxyl groups excluding tert-OH is 2. The van der Waals surface area contributed by atoms with Crippen molar-refractivity contribution in [2.24, 2.45) is 11.8 Å². The molecule has 6 N–H and O–H groups in total. The Balaban J connectivity index is 0.000000256. The van der Waals surface area contributed by atoms with Crippen LogP contribution in [0.1, 0.15) is 67.1 Å². The minimum absolute atomic E-state index is 0.0186. The highest BCUT2D eigenvalue weighted by Gasteiger charge is 2.19. The highest BCUT2D eigenvalue weighted by atomic mass is 16.4. The van der Waals surface area contributed by atoms with Gasteiger partial charge in [0.2, 0.25) is 0 Å². The molecular weight excluding hydrogens is 448 g/mol. The Labute approximate surface area is 195 Å². The van der Waals surface area contributed by atoms with Gasteiger partial charge in [0.05, 0.1) is 22.3 Å². The molecule has 0 amide bonds. The standard InChI is InChI=1S/2C8H6O4.C8H16O2/c9-7(10)5-1-2-6(4-3-5)8(11)12;9-7(10)5-2-1-3-6(4-5)8(11)12;9-5-7-1-2-8(6-10)4-3-7/h2*1-4H,(H,9,10)(H,11,12);7-10H,1-6H2. The fraction of sp³-hybridized carbons (Fsp3) is 0.333. The second-order valence-corrected chi connectivity index (χ2v) is 7.63. The minimum Gasteiger partial charge on any atom is -0.478 e. The number of carboxylic acids is 4. The lowest BCUT2D eigenvalue weighted by atomic mass is 9.83. The Hall–Kier alpha value is -3.76. The third-order valence-electron chi connectivity index (χ3n) is 5.22. The molecule has 0 atom stereocenters. The van der Waals surface area contributed by atoms with Gasteiger partial charge in [-0.3, -0.25) is 0 Å². The molecule has 1 saturated carbocycles. The van der Waals surface area contributed by atoms with Crippen LogP contribution >= 0.6 is 0 Å². The van der Waals surface area contributed by atoms with E-state index in [2.05, 4.69) is 0 Å². The topological polar surface area (TPSA) is 190 Å². The van der Waals surface area contributed by atoms with E-state index in [-0.39, 0.29) is 22.3 Å². The molecule has 1 aliphatic rings. The van der Waals surface area contributed by atoms with Gasteiger partial charge in [-0.15, -0.1) is 0 Å². The predicted octanol–water partition coefficient (Wildman–Crippen LogP) is 2.94. The van der Waals surface area contributed by atoms with E-state index in [0.717, 1.165) is 31.7 Å². The maximum absolute atomic E-state index is 10.4. The highest BCUT2D eigenvalue weighted by Crippen LogP contribution is 2.27. The van der Waals surface area contributed by atoms with E-state index >= 15 is 0 Å². The monoisotopic (exact) mass is 476 g/mol. The quantitative estimate of drug-likeness (QED) is 0.361. The number of hydrogen-bond donors (Lipinski definition) is 6. The van der Waals surface area contributed by atoms with E-state index < -0.39 is 23.9 Å². The number of hydrogen-bond acceptors (Lipinski definition) is 6. The van der Waals surface area contributed by atoms with Gasteiger partial charge in [0.1, 0.15) is 0 Å². The fourth-order valence-corrected chi connectivity index (χ4v) is 3.14. The van der Waals surface area contributed by atoms with Crippen LogP contribution < -0.4 is 0 Å². The maximum atomic E-state index is 10.4. The molecule has 10 heteroatoms. The van der Waals surface area contributed by atoms with Gasteiger partial charge in [-0.2, -0.15) is 0 Å². The Morgan fingerprint density at radius 2 is 0.853 bits per heavy atom. The molecule has 0 unspecified atom stereocenters. The molecule has 0 radical (unpaired) electrons. The Bertz CT molecular complexity index is 886. The van der Waals surface area contributed by atoms with Crippen LogP contribution in [0.3, 0.4) is 0 Å². The first-order valence-corrected chi connectivity index (χ1v) is 10.4. The van der Waals surface area contributed by atoms with Crippen molar-refractivity contribution >= 4 is 23.9 Å². The van der Waals surface area contributed by atoms with Gasteiger partial charge >= 0.3 is 23.9 Å². The van der Waals surface area contributed by atoms with E-state index in [4.69, 9.17) is 30.6 Å². The summed E-state index contributed by atoms with van der Waals surface area (Å²) < 4.78 is 0. The molecule has 0 aliphatic heterocycles. The van der Waals surface area contributed by atoms with Gasteiger partial charge in [0, 0.05) is 13.2 Å². The van der Waals surface area contributed by atoms with Crippen LogP contribution in [0.25, 0.3) is 0 Å². The molecule has 0 aromatic heterocycles. The molecule has 0 saturated heterocycles. The number of rotatable bonds is 6. The van der Waals surface area contributed by atoms with E-state index in [1.807, 2.05) is 0 Å². The Morgan fingerprint density at radius 1 is 0.559 bits per heavy atom. The summed E-state index contributed by atoms with van der Waals surface area (Å²) in [5.41, 5.74) is 0.129. The zero-order valence-electron chi connectivity index (χ0n) is 18.3. The predicted molar refractivity (Wildman–Crippen MR) is 120 cm³/mol. The smallest absolute Gasteiger partial charge is 0.335 e. The zero-order valence-corrected chi connectivity index (χ0v) is 18.3. The number of benzene rings is 2. The van der Waals surface area contributed by atoms with E-state index in [1.165, 1.54) is 42.5 Å². The number of aliphatic hydroxyl groups is 2. The van der Waals surface area contributed by atoms with Gasteiger partial charge in [0.15, 0.2) is 0 Å². The summed E-state index contributed by atoms with van der Waals surface area (Å²) in [4.78, 5) is 41.4.